The molecule has 1 aromatic carbocycles. The molecule has 16 heavy (non-hydrogen) atoms. The van der Waals surface area contributed by atoms with Crippen molar-refractivity contribution in [2.75, 3.05) is 13.2 Å². The highest BCUT2D eigenvalue weighted by Gasteiger charge is 2.24. The third-order valence-corrected chi connectivity index (χ3v) is 3.86. The van der Waals surface area contributed by atoms with Gasteiger partial charge in [0, 0.05) is 17.1 Å². The van der Waals surface area contributed by atoms with E-state index in [9.17, 15) is 9.50 Å². The summed E-state index contributed by atoms with van der Waals surface area (Å²) < 4.78 is 14.0. The minimum Gasteiger partial charge on any atom is -0.395 e. The molecule has 0 aliphatic carbocycles. The van der Waals surface area contributed by atoms with Gasteiger partial charge in [0.25, 0.3) is 0 Å². The smallest absolute Gasteiger partial charge is 0.123 e. The molecule has 1 N–H and O–H groups in total. The molecular weight excluding hydrogens is 273 g/mol. The first-order chi connectivity index (χ1) is 7.70. The number of rotatable bonds is 3. The largest absolute Gasteiger partial charge is 0.395 e. The van der Waals surface area contributed by atoms with Gasteiger partial charge >= 0.3 is 0 Å². The topological polar surface area (TPSA) is 23.5 Å². The summed E-state index contributed by atoms with van der Waals surface area (Å²) >= 11 is 3.42. The van der Waals surface area contributed by atoms with Crippen LogP contribution < -0.4 is 0 Å². The molecule has 0 radical (unpaired) electrons. The number of aliphatic hydroxyl groups is 1. The molecule has 1 atom stereocenters. The second kappa shape index (κ2) is 5.25. The van der Waals surface area contributed by atoms with Gasteiger partial charge in [0.2, 0.25) is 0 Å². The van der Waals surface area contributed by atoms with Gasteiger partial charge in [-0.05, 0) is 43.1 Å². The van der Waals surface area contributed by atoms with Crippen molar-refractivity contribution >= 4 is 15.9 Å². The molecule has 1 aliphatic rings. The van der Waals surface area contributed by atoms with E-state index in [-0.39, 0.29) is 18.5 Å². The molecule has 0 amide bonds. The Kier molecular flexibility index (Phi) is 3.95. The van der Waals surface area contributed by atoms with Crippen LogP contribution in [0.5, 0.6) is 0 Å². The van der Waals surface area contributed by atoms with Crippen LogP contribution in [0.4, 0.5) is 4.39 Å². The summed E-state index contributed by atoms with van der Waals surface area (Å²) in [6.45, 7) is 1.87. The third kappa shape index (κ3) is 2.62. The predicted octanol–water partition coefficient (Wildman–Crippen LogP) is 2.54. The van der Waals surface area contributed by atoms with Gasteiger partial charge in [-0.15, -0.1) is 0 Å². The van der Waals surface area contributed by atoms with E-state index in [1.54, 1.807) is 12.1 Å². The van der Waals surface area contributed by atoms with Gasteiger partial charge in [-0.1, -0.05) is 15.9 Å². The SMILES string of the molecule is OC[C@@H]1CCCN1Cc1cc(F)ccc1Br. The van der Waals surface area contributed by atoms with Crippen molar-refractivity contribution < 1.29 is 9.50 Å². The van der Waals surface area contributed by atoms with E-state index in [0.29, 0.717) is 6.54 Å². The van der Waals surface area contributed by atoms with Crippen molar-refractivity contribution in [1.29, 1.82) is 0 Å². The van der Waals surface area contributed by atoms with Gasteiger partial charge in [0.15, 0.2) is 0 Å². The van der Waals surface area contributed by atoms with Crippen LogP contribution in [-0.2, 0) is 6.54 Å². The molecule has 1 aliphatic heterocycles. The van der Waals surface area contributed by atoms with E-state index in [1.165, 1.54) is 6.07 Å². The van der Waals surface area contributed by atoms with Gasteiger partial charge in [-0.2, -0.15) is 0 Å². The molecule has 0 saturated carbocycles. The zero-order chi connectivity index (χ0) is 11.5. The first-order valence-electron chi connectivity index (χ1n) is 5.49. The van der Waals surface area contributed by atoms with Crippen LogP contribution in [0.1, 0.15) is 18.4 Å². The lowest BCUT2D eigenvalue weighted by molar-refractivity contribution is 0.153. The number of halogens is 2. The molecule has 0 bridgehead atoms. The second-order valence-electron chi connectivity index (χ2n) is 4.18. The molecule has 2 nitrogen and oxygen atoms in total. The Morgan fingerprint density at radius 1 is 1.50 bits per heavy atom. The Morgan fingerprint density at radius 3 is 3.06 bits per heavy atom. The highest BCUT2D eigenvalue weighted by atomic mass is 79.9. The molecule has 1 fully saturated rings. The van der Waals surface area contributed by atoms with E-state index in [4.69, 9.17) is 0 Å². The molecule has 1 heterocycles. The maximum absolute atomic E-state index is 13.1. The molecule has 4 heteroatoms. The van der Waals surface area contributed by atoms with Crippen LogP contribution in [0, 0.1) is 5.82 Å². The van der Waals surface area contributed by atoms with Crippen LogP contribution in [-0.4, -0.2) is 29.2 Å². The molecule has 2 rings (SSSR count). The van der Waals surface area contributed by atoms with Crippen LogP contribution in [0.2, 0.25) is 0 Å². The van der Waals surface area contributed by atoms with Crippen LogP contribution >= 0.6 is 15.9 Å². The number of hydrogen-bond donors (Lipinski definition) is 1. The Bertz CT molecular complexity index is 372. The second-order valence-corrected chi connectivity index (χ2v) is 5.04. The Morgan fingerprint density at radius 2 is 2.31 bits per heavy atom. The number of benzene rings is 1. The van der Waals surface area contributed by atoms with Crippen LogP contribution in [0.25, 0.3) is 0 Å². The summed E-state index contributed by atoms with van der Waals surface area (Å²) in [5.74, 6) is -0.210. The van der Waals surface area contributed by atoms with Gasteiger partial charge in [0.05, 0.1) is 6.61 Å². The number of nitrogens with zero attached hydrogens (tertiary/aromatic N) is 1. The van der Waals surface area contributed by atoms with Gasteiger partial charge in [-0.25, -0.2) is 4.39 Å². The molecule has 1 saturated heterocycles. The van der Waals surface area contributed by atoms with E-state index < -0.39 is 0 Å². The number of aliphatic hydroxyl groups excluding tert-OH is 1. The molecule has 0 unspecified atom stereocenters. The van der Waals surface area contributed by atoms with E-state index >= 15 is 0 Å². The number of hydrogen-bond acceptors (Lipinski definition) is 2. The van der Waals surface area contributed by atoms with Gasteiger partial charge in [0.1, 0.15) is 5.82 Å². The van der Waals surface area contributed by atoms with Gasteiger partial charge < -0.3 is 5.11 Å². The lowest BCUT2D eigenvalue weighted by Gasteiger charge is -2.23. The molecule has 88 valence electrons. The lowest BCUT2D eigenvalue weighted by Crippen LogP contribution is -2.31. The minimum absolute atomic E-state index is 0.187. The molecule has 1 aromatic rings. The van der Waals surface area contributed by atoms with Crippen molar-refractivity contribution in [1.82, 2.24) is 4.90 Å². The fourth-order valence-corrected chi connectivity index (χ4v) is 2.57. The monoisotopic (exact) mass is 287 g/mol. The summed E-state index contributed by atoms with van der Waals surface area (Å²) in [7, 11) is 0. The highest BCUT2D eigenvalue weighted by molar-refractivity contribution is 9.10. The van der Waals surface area contributed by atoms with Crippen molar-refractivity contribution in [3.8, 4) is 0 Å². The predicted molar refractivity (Wildman–Crippen MR) is 64.6 cm³/mol. The first kappa shape index (κ1) is 12.0. The Balaban J connectivity index is 2.11. The Hall–Kier alpha value is -0.450. The highest BCUT2D eigenvalue weighted by Crippen LogP contribution is 2.24. The Labute approximate surface area is 103 Å². The maximum atomic E-state index is 13.1. The fourth-order valence-electron chi connectivity index (χ4n) is 2.19. The average molecular weight is 288 g/mol. The summed E-state index contributed by atoms with van der Waals surface area (Å²) in [4.78, 5) is 2.21. The first-order valence-corrected chi connectivity index (χ1v) is 6.29. The normalized spacial score (nSPS) is 21.6. The van der Waals surface area contributed by atoms with Crippen LogP contribution in [0.3, 0.4) is 0 Å². The van der Waals surface area contributed by atoms with Gasteiger partial charge in [-0.3, -0.25) is 4.90 Å². The standard InChI is InChI=1S/C12H15BrFNO/c13-12-4-3-10(14)6-9(12)7-15-5-1-2-11(15)8-16/h3-4,6,11,16H,1-2,5,7-8H2/t11-/m0/s1. The fraction of sp³-hybridized carbons (Fsp3) is 0.500. The number of likely N-dealkylation sites (tertiary alicyclic amines) is 1. The van der Waals surface area contributed by atoms with E-state index in [0.717, 1.165) is 29.4 Å². The molecule has 0 aromatic heterocycles. The van der Waals surface area contributed by atoms with Crippen LogP contribution in [0.15, 0.2) is 22.7 Å². The molecular formula is C12H15BrFNO. The molecule has 0 spiro atoms. The minimum atomic E-state index is -0.210. The van der Waals surface area contributed by atoms with E-state index in [2.05, 4.69) is 20.8 Å². The zero-order valence-corrected chi connectivity index (χ0v) is 10.6. The van der Waals surface area contributed by atoms with Crippen molar-refractivity contribution in [2.24, 2.45) is 0 Å². The zero-order valence-electron chi connectivity index (χ0n) is 9.00. The quantitative estimate of drug-likeness (QED) is 0.924. The summed E-state index contributed by atoms with van der Waals surface area (Å²) in [5, 5.41) is 9.21. The van der Waals surface area contributed by atoms with Crippen molar-refractivity contribution in [2.45, 2.75) is 25.4 Å². The lowest BCUT2D eigenvalue weighted by atomic mass is 10.2. The van der Waals surface area contributed by atoms with E-state index in [1.807, 2.05) is 0 Å². The maximum Gasteiger partial charge on any atom is 0.123 e. The third-order valence-electron chi connectivity index (χ3n) is 3.09. The summed E-state index contributed by atoms with van der Waals surface area (Å²) in [5.41, 5.74) is 0.945. The van der Waals surface area contributed by atoms with Crippen molar-refractivity contribution in [3.05, 3.63) is 34.1 Å². The summed E-state index contributed by atoms with van der Waals surface area (Å²) in [6, 6.07) is 4.96. The van der Waals surface area contributed by atoms with Crippen molar-refractivity contribution in [3.63, 3.8) is 0 Å². The average Bonchev–Trinajstić information content (AvgIpc) is 2.71. The summed E-state index contributed by atoms with van der Waals surface area (Å²) in [6.07, 6.45) is 2.14.